The lowest BCUT2D eigenvalue weighted by molar-refractivity contribution is 0.0543. The normalized spacial score (nSPS) is 16.5. The van der Waals surface area contributed by atoms with Gasteiger partial charge in [-0.2, -0.15) is 5.26 Å². The van der Waals surface area contributed by atoms with Crippen molar-refractivity contribution in [2.24, 2.45) is 0 Å². The van der Waals surface area contributed by atoms with Crippen LogP contribution in [0.1, 0.15) is 24.0 Å². The highest BCUT2D eigenvalue weighted by Crippen LogP contribution is 2.35. The summed E-state index contributed by atoms with van der Waals surface area (Å²) >= 11 is 0. The predicted molar refractivity (Wildman–Crippen MR) is 85.6 cm³/mol. The van der Waals surface area contributed by atoms with E-state index in [9.17, 15) is 9.65 Å². The van der Waals surface area contributed by atoms with Crippen molar-refractivity contribution in [1.82, 2.24) is 4.98 Å². The van der Waals surface area contributed by atoms with Crippen molar-refractivity contribution < 1.29 is 9.13 Å². The molecule has 2 aromatic rings. The lowest BCUT2D eigenvalue weighted by Crippen LogP contribution is -2.40. The smallest absolute Gasteiger partial charge is 0.143 e. The van der Waals surface area contributed by atoms with Crippen LogP contribution in [0.3, 0.4) is 0 Å². The van der Waals surface area contributed by atoms with Crippen LogP contribution in [0.25, 0.3) is 0 Å². The van der Waals surface area contributed by atoms with Gasteiger partial charge in [0.05, 0.1) is 5.56 Å². The molecule has 4 nitrogen and oxygen atoms in total. The van der Waals surface area contributed by atoms with Crippen LogP contribution < -0.4 is 5.32 Å². The zero-order chi connectivity index (χ0) is 16.1. The summed E-state index contributed by atoms with van der Waals surface area (Å²) < 4.78 is 18.7. The summed E-state index contributed by atoms with van der Waals surface area (Å²) in [7, 11) is 0. The van der Waals surface area contributed by atoms with E-state index in [1.165, 1.54) is 12.1 Å². The van der Waals surface area contributed by atoms with Gasteiger partial charge in [0.2, 0.25) is 0 Å². The monoisotopic (exact) mass is 311 g/mol. The Labute approximate surface area is 134 Å². The van der Waals surface area contributed by atoms with E-state index >= 15 is 0 Å². The number of rotatable bonds is 4. The van der Waals surface area contributed by atoms with E-state index in [1.54, 1.807) is 18.3 Å². The summed E-state index contributed by atoms with van der Waals surface area (Å²) in [4.78, 5) is 4.25. The van der Waals surface area contributed by atoms with Gasteiger partial charge in [-0.25, -0.2) is 9.37 Å². The summed E-state index contributed by atoms with van der Waals surface area (Å²) in [6, 6.07) is 12.3. The number of nitrogens with zero attached hydrogens (tertiary/aromatic N) is 2. The number of anilines is 1. The molecule has 1 aliphatic rings. The molecule has 0 saturated carbocycles. The molecule has 1 aromatic heterocycles. The molecule has 5 heteroatoms. The highest BCUT2D eigenvalue weighted by Gasteiger charge is 2.34. The van der Waals surface area contributed by atoms with E-state index in [0.717, 1.165) is 18.4 Å². The van der Waals surface area contributed by atoms with Gasteiger partial charge in [0.15, 0.2) is 0 Å². The first kappa shape index (κ1) is 15.4. The molecule has 0 unspecified atom stereocenters. The third-order valence-corrected chi connectivity index (χ3v) is 4.43. The molecule has 1 fully saturated rings. The number of ether oxygens (including phenoxy) is 1. The van der Waals surface area contributed by atoms with Gasteiger partial charge in [0.1, 0.15) is 17.7 Å². The maximum absolute atomic E-state index is 13.2. The Morgan fingerprint density at radius 2 is 1.96 bits per heavy atom. The van der Waals surface area contributed by atoms with E-state index in [4.69, 9.17) is 4.74 Å². The Morgan fingerprint density at radius 3 is 2.65 bits per heavy atom. The molecule has 1 N–H and O–H groups in total. The lowest BCUT2D eigenvalue weighted by Gasteiger charge is -2.38. The Morgan fingerprint density at radius 1 is 1.22 bits per heavy atom. The van der Waals surface area contributed by atoms with Gasteiger partial charge >= 0.3 is 0 Å². The van der Waals surface area contributed by atoms with Crippen molar-refractivity contribution in [3.05, 3.63) is 59.5 Å². The number of hydrogen-bond donors (Lipinski definition) is 1. The number of aromatic nitrogens is 1. The SMILES string of the molecule is N#Cc1cccnc1NCC1(c2ccc(F)cc2)CCOCC1. The summed E-state index contributed by atoms with van der Waals surface area (Å²) in [5, 5.41) is 12.5. The highest BCUT2D eigenvalue weighted by molar-refractivity contribution is 5.51. The van der Waals surface area contributed by atoms with Crippen molar-refractivity contribution in [2.75, 3.05) is 25.1 Å². The minimum absolute atomic E-state index is 0.143. The molecule has 0 bridgehead atoms. The van der Waals surface area contributed by atoms with Crippen LogP contribution in [-0.4, -0.2) is 24.7 Å². The number of nitriles is 1. The Hall–Kier alpha value is -2.45. The molecule has 2 heterocycles. The van der Waals surface area contributed by atoms with E-state index in [0.29, 0.717) is 31.1 Å². The maximum Gasteiger partial charge on any atom is 0.143 e. The zero-order valence-corrected chi connectivity index (χ0v) is 12.8. The minimum atomic E-state index is -0.236. The summed E-state index contributed by atoms with van der Waals surface area (Å²) in [5.74, 6) is 0.350. The largest absolute Gasteiger partial charge is 0.381 e. The van der Waals surface area contributed by atoms with Crippen LogP contribution in [0.2, 0.25) is 0 Å². The van der Waals surface area contributed by atoms with Gasteiger partial charge in [-0.15, -0.1) is 0 Å². The average molecular weight is 311 g/mol. The molecular weight excluding hydrogens is 293 g/mol. The third-order valence-electron chi connectivity index (χ3n) is 4.43. The van der Waals surface area contributed by atoms with Crippen LogP contribution in [0.5, 0.6) is 0 Å². The molecule has 0 amide bonds. The third kappa shape index (κ3) is 3.33. The van der Waals surface area contributed by atoms with Gasteiger partial charge in [-0.05, 0) is 42.7 Å². The number of halogens is 1. The van der Waals surface area contributed by atoms with Crippen LogP contribution in [0, 0.1) is 17.1 Å². The fourth-order valence-corrected chi connectivity index (χ4v) is 3.02. The Bertz CT molecular complexity index is 703. The van der Waals surface area contributed by atoms with Gasteiger partial charge in [0.25, 0.3) is 0 Å². The fourth-order valence-electron chi connectivity index (χ4n) is 3.02. The first-order chi connectivity index (χ1) is 11.2. The van der Waals surface area contributed by atoms with Crippen LogP contribution in [0.4, 0.5) is 10.2 Å². The number of hydrogen-bond acceptors (Lipinski definition) is 4. The molecule has 118 valence electrons. The van der Waals surface area contributed by atoms with Crippen molar-refractivity contribution in [3.63, 3.8) is 0 Å². The lowest BCUT2D eigenvalue weighted by atomic mass is 9.74. The molecule has 0 aliphatic carbocycles. The van der Waals surface area contributed by atoms with E-state index in [-0.39, 0.29) is 11.2 Å². The second-order valence-electron chi connectivity index (χ2n) is 5.76. The number of nitrogens with one attached hydrogen (secondary N) is 1. The molecule has 1 saturated heterocycles. The standard InChI is InChI=1S/C18H18FN3O/c19-16-5-3-15(4-6-16)18(7-10-23-11-8-18)13-22-17-14(12-20)2-1-9-21-17/h1-6,9H,7-8,10-11,13H2,(H,21,22). The first-order valence-corrected chi connectivity index (χ1v) is 7.66. The van der Waals surface area contributed by atoms with Crippen molar-refractivity contribution in [1.29, 1.82) is 5.26 Å². The van der Waals surface area contributed by atoms with Gasteiger partial charge in [-0.1, -0.05) is 12.1 Å². The fraction of sp³-hybridized carbons (Fsp3) is 0.333. The molecule has 0 radical (unpaired) electrons. The van der Waals surface area contributed by atoms with E-state index in [1.807, 2.05) is 12.1 Å². The predicted octanol–water partition coefficient (Wildman–Crippen LogP) is 3.25. The molecule has 23 heavy (non-hydrogen) atoms. The van der Waals surface area contributed by atoms with E-state index < -0.39 is 0 Å². The molecular formula is C18H18FN3O. The summed E-state index contributed by atoms with van der Waals surface area (Å²) in [6.45, 7) is 1.98. The quantitative estimate of drug-likeness (QED) is 0.941. The number of pyridine rings is 1. The topological polar surface area (TPSA) is 57.9 Å². The Balaban J connectivity index is 1.85. The first-order valence-electron chi connectivity index (χ1n) is 7.66. The second-order valence-corrected chi connectivity index (χ2v) is 5.76. The second kappa shape index (κ2) is 6.76. The molecule has 0 spiro atoms. The van der Waals surface area contributed by atoms with Crippen molar-refractivity contribution in [2.45, 2.75) is 18.3 Å². The van der Waals surface area contributed by atoms with Gasteiger partial charge < -0.3 is 10.1 Å². The van der Waals surface area contributed by atoms with Crippen LogP contribution in [0.15, 0.2) is 42.6 Å². The molecule has 3 rings (SSSR count). The minimum Gasteiger partial charge on any atom is -0.381 e. The molecule has 1 aromatic carbocycles. The van der Waals surface area contributed by atoms with Crippen LogP contribution >= 0.6 is 0 Å². The van der Waals surface area contributed by atoms with Crippen molar-refractivity contribution >= 4 is 5.82 Å². The Kier molecular flexibility index (Phi) is 4.54. The van der Waals surface area contributed by atoms with E-state index in [2.05, 4.69) is 16.4 Å². The summed E-state index contributed by atoms with van der Waals surface area (Å²) in [5.41, 5.74) is 1.47. The summed E-state index contributed by atoms with van der Waals surface area (Å²) in [6.07, 6.45) is 3.36. The highest BCUT2D eigenvalue weighted by atomic mass is 19.1. The van der Waals surface area contributed by atoms with Gasteiger partial charge in [0, 0.05) is 31.4 Å². The molecule has 0 atom stereocenters. The van der Waals surface area contributed by atoms with Crippen molar-refractivity contribution in [3.8, 4) is 6.07 Å². The molecule has 1 aliphatic heterocycles. The number of benzene rings is 1. The van der Waals surface area contributed by atoms with Crippen LogP contribution in [-0.2, 0) is 10.2 Å². The average Bonchev–Trinajstić information content (AvgIpc) is 2.61. The van der Waals surface area contributed by atoms with Gasteiger partial charge in [-0.3, -0.25) is 0 Å². The zero-order valence-electron chi connectivity index (χ0n) is 12.8. The maximum atomic E-state index is 13.2.